The van der Waals surface area contributed by atoms with Gasteiger partial charge in [0.15, 0.2) is 5.78 Å². The lowest BCUT2D eigenvalue weighted by Crippen LogP contribution is -2.29. The number of Topliss-reactive ketones (excluding diaryl/α,β-unsaturated/α-hetero) is 1. The SMILES string of the molecule is CC(C)(Sc1ccnc2ccccc12)C(=O)c1ncccc1N. The molecule has 4 nitrogen and oxygen atoms in total. The summed E-state index contributed by atoms with van der Waals surface area (Å²) in [6, 6.07) is 13.3. The van der Waals surface area contributed by atoms with Crippen LogP contribution in [-0.4, -0.2) is 20.5 Å². The standard InChI is InChI=1S/C18H17N3OS/c1-18(2,17(22)16-13(19)7-5-10-21-16)23-15-9-11-20-14-8-4-3-6-12(14)15/h3-11H,19H2,1-2H3. The summed E-state index contributed by atoms with van der Waals surface area (Å²) in [5.41, 5.74) is 7.55. The highest BCUT2D eigenvalue weighted by Gasteiger charge is 2.32. The number of benzene rings is 1. The lowest BCUT2D eigenvalue weighted by molar-refractivity contribution is 0.0954. The summed E-state index contributed by atoms with van der Waals surface area (Å²) in [7, 11) is 0. The van der Waals surface area contributed by atoms with Crippen LogP contribution in [0.15, 0.2) is 59.8 Å². The number of nitrogens with two attached hydrogens (primary N) is 1. The Bertz CT molecular complexity index is 872. The van der Waals surface area contributed by atoms with Crippen LogP contribution < -0.4 is 5.73 Å². The van der Waals surface area contributed by atoms with E-state index in [1.54, 1.807) is 24.5 Å². The van der Waals surface area contributed by atoms with Crippen molar-refractivity contribution >= 4 is 34.1 Å². The number of nitrogen functional groups attached to an aromatic ring is 1. The first-order chi connectivity index (χ1) is 11.0. The maximum absolute atomic E-state index is 12.8. The zero-order chi connectivity index (χ0) is 16.4. The van der Waals surface area contributed by atoms with Gasteiger partial charge in [-0.05, 0) is 38.1 Å². The number of thioether (sulfide) groups is 1. The van der Waals surface area contributed by atoms with E-state index in [1.165, 1.54) is 11.8 Å². The molecule has 0 spiro atoms. The van der Waals surface area contributed by atoms with E-state index in [4.69, 9.17) is 5.73 Å². The van der Waals surface area contributed by atoms with Gasteiger partial charge in [-0.3, -0.25) is 14.8 Å². The number of rotatable bonds is 4. The topological polar surface area (TPSA) is 68.9 Å². The van der Waals surface area contributed by atoms with E-state index in [2.05, 4.69) is 9.97 Å². The first-order valence-electron chi connectivity index (χ1n) is 7.27. The average Bonchev–Trinajstić information content (AvgIpc) is 2.55. The number of pyridine rings is 2. The van der Waals surface area contributed by atoms with Gasteiger partial charge < -0.3 is 5.73 Å². The molecule has 0 aliphatic rings. The molecular weight excluding hydrogens is 306 g/mol. The summed E-state index contributed by atoms with van der Waals surface area (Å²) in [4.78, 5) is 22.4. The lowest BCUT2D eigenvalue weighted by Gasteiger charge is -2.23. The van der Waals surface area contributed by atoms with Crippen LogP contribution in [0.25, 0.3) is 10.9 Å². The fraction of sp³-hybridized carbons (Fsp3) is 0.167. The third-order valence-electron chi connectivity index (χ3n) is 3.57. The van der Waals surface area contributed by atoms with Gasteiger partial charge in [0.05, 0.1) is 16.0 Å². The van der Waals surface area contributed by atoms with Crippen molar-refractivity contribution < 1.29 is 4.79 Å². The minimum atomic E-state index is -0.688. The number of aromatic nitrogens is 2. The number of fused-ring (bicyclic) bond motifs is 1. The number of hydrogen-bond donors (Lipinski definition) is 1. The number of hydrogen-bond acceptors (Lipinski definition) is 5. The summed E-state index contributed by atoms with van der Waals surface area (Å²) in [5, 5.41) is 1.04. The van der Waals surface area contributed by atoms with Gasteiger partial charge in [-0.15, -0.1) is 11.8 Å². The van der Waals surface area contributed by atoms with E-state index < -0.39 is 4.75 Å². The van der Waals surface area contributed by atoms with E-state index in [-0.39, 0.29) is 5.78 Å². The van der Waals surface area contributed by atoms with Crippen molar-refractivity contribution in [2.75, 3.05) is 5.73 Å². The van der Waals surface area contributed by atoms with Gasteiger partial charge in [0, 0.05) is 22.7 Å². The average molecular weight is 323 g/mol. The maximum atomic E-state index is 12.8. The molecule has 0 fully saturated rings. The van der Waals surface area contributed by atoms with Crippen LogP contribution in [0.4, 0.5) is 5.69 Å². The highest BCUT2D eigenvalue weighted by Crippen LogP contribution is 2.38. The molecule has 2 aromatic heterocycles. The molecule has 3 rings (SSSR count). The predicted molar refractivity (Wildman–Crippen MR) is 94.7 cm³/mol. The number of ketones is 1. The molecule has 0 saturated carbocycles. The molecule has 2 N–H and O–H groups in total. The molecule has 0 aliphatic carbocycles. The fourth-order valence-corrected chi connectivity index (χ4v) is 3.52. The largest absolute Gasteiger partial charge is 0.397 e. The van der Waals surface area contributed by atoms with E-state index in [1.807, 2.05) is 44.2 Å². The van der Waals surface area contributed by atoms with Gasteiger partial charge in [-0.2, -0.15) is 0 Å². The Morgan fingerprint density at radius 3 is 2.61 bits per heavy atom. The lowest BCUT2D eigenvalue weighted by atomic mass is 10.0. The molecule has 0 bridgehead atoms. The van der Waals surface area contributed by atoms with E-state index >= 15 is 0 Å². The van der Waals surface area contributed by atoms with Gasteiger partial charge in [0.1, 0.15) is 5.69 Å². The van der Waals surface area contributed by atoms with Crippen molar-refractivity contribution in [3.8, 4) is 0 Å². The quantitative estimate of drug-likeness (QED) is 0.581. The van der Waals surface area contributed by atoms with Crippen molar-refractivity contribution in [2.45, 2.75) is 23.5 Å². The molecule has 0 aliphatic heterocycles. The molecule has 0 atom stereocenters. The normalized spacial score (nSPS) is 11.6. The number of carbonyl (C=O) groups excluding carboxylic acids is 1. The Labute approximate surface area is 139 Å². The second-order valence-electron chi connectivity index (χ2n) is 5.71. The Morgan fingerprint density at radius 2 is 1.83 bits per heavy atom. The molecular formula is C18H17N3OS. The van der Waals surface area contributed by atoms with Crippen molar-refractivity contribution in [1.82, 2.24) is 9.97 Å². The van der Waals surface area contributed by atoms with Gasteiger partial charge >= 0.3 is 0 Å². The van der Waals surface area contributed by atoms with Gasteiger partial charge in [-0.25, -0.2) is 0 Å². The molecule has 23 heavy (non-hydrogen) atoms. The molecule has 0 saturated heterocycles. The van der Waals surface area contributed by atoms with Gasteiger partial charge in [-0.1, -0.05) is 18.2 Å². The molecule has 0 unspecified atom stereocenters. The molecule has 0 radical (unpaired) electrons. The van der Waals surface area contributed by atoms with Crippen molar-refractivity contribution in [3.05, 3.63) is 60.6 Å². The predicted octanol–water partition coefficient (Wildman–Crippen LogP) is 3.97. The van der Waals surface area contributed by atoms with Crippen LogP contribution in [0.1, 0.15) is 24.3 Å². The zero-order valence-electron chi connectivity index (χ0n) is 13.0. The summed E-state index contributed by atoms with van der Waals surface area (Å²) in [5.74, 6) is -0.0820. The fourth-order valence-electron chi connectivity index (χ4n) is 2.37. The molecule has 3 aromatic rings. The Hall–Kier alpha value is -2.40. The minimum absolute atomic E-state index is 0.0820. The first kappa shape index (κ1) is 15.5. The summed E-state index contributed by atoms with van der Waals surface area (Å²) < 4.78 is -0.688. The molecule has 2 heterocycles. The van der Waals surface area contributed by atoms with Crippen LogP contribution in [-0.2, 0) is 0 Å². The zero-order valence-corrected chi connectivity index (χ0v) is 13.8. The maximum Gasteiger partial charge on any atom is 0.199 e. The molecule has 0 amide bonds. The van der Waals surface area contributed by atoms with Crippen molar-refractivity contribution in [3.63, 3.8) is 0 Å². The molecule has 116 valence electrons. The monoisotopic (exact) mass is 323 g/mol. The van der Waals surface area contributed by atoms with E-state index in [9.17, 15) is 4.79 Å². The van der Waals surface area contributed by atoms with Crippen molar-refractivity contribution in [1.29, 1.82) is 0 Å². The summed E-state index contributed by atoms with van der Waals surface area (Å²) in [6.07, 6.45) is 3.35. The minimum Gasteiger partial charge on any atom is -0.397 e. The Kier molecular flexibility index (Phi) is 4.05. The second-order valence-corrected chi connectivity index (χ2v) is 7.37. The Balaban J connectivity index is 1.97. The number of carbonyl (C=O) groups is 1. The highest BCUT2D eigenvalue weighted by atomic mass is 32.2. The number of para-hydroxylation sites is 1. The van der Waals surface area contributed by atoms with Crippen molar-refractivity contribution in [2.24, 2.45) is 0 Å². The van der Waals surface area contributed by atoms with Crippen LogP contribution in [0.3, 0.4) is 0 Å². The first-order valence-corrected chi connectivity index (χ1v) is 8.09. The van der Waals surface area contributed by atoms with Gasteiger partial charge in [0.25, 0.3) is 0 Å². The summed E-state index contributed by atoms with van der Waals surface area (Å²) >= 11 is 1.50. The Morgan fingerprint density at radius 1 is 1.04 bits per heavy atom. The van der Waals surface area contributed by atoms with Crippen LogP contribution in [0, 0.1) is 0 Å². The van der Waals surface area contributed by atoms with E-state index in [0.29, 0.717) is 11.4 Å². The van der Waals surface area contributed by atoms with E-state index in [0.717, 1.165) is 15.8 Å². The second kappa shape index (κ2) is 6.01. The van der Waals surface area contributed by atoms with Gasteiger partial charge in [0.2, 0.25) is 0 Å². The van der Waals surface area contributed by atoms with Crippen LogP contribution in [0.2, 0.25) is 0 Å². The number of nitrogens with zero attached hydrogens (tertiary/aromatic N) is 2. The molecule has 1 aromatic carbocycles. The third-order valence-corrected chi connectivity index (χ3v) is 4.85. The highest BCUT2D eigenvalue weighted by molar-refractivity contribution is 8.01. The number of anilines is 1. The molecule has 5 heteroatoms. The van der Waals surface area contributed by atoms with Crippen LogP contribution in [0.5, 0.6) is 0 Å². The summed E-state index contributed by atoms with van der Waals surface area (Å²) in [6.45, 7) is 3.78. The smallest absolute Gasteiger partial charge is 0.199 e. The van der Waals surface area contributed by atoms with Crippen LogP contribution >= 0.6 is 11.8 Å². The third kappa shape index (κ3) is 3.05.